The van der Waals surface area contributed by atoms with Crippen LogP contribution in [0.1, 0.15) is 11.7 Å². The molecule has 1 atom stereocenters. The van der Waals surface area contributed by atoms with Crippen molar-refractivity contribution in [3.8, 4) is 5.75 Å². The van der Waals surface area contributed by atoms with Crippen LogP contribution in [-0.2, 0) is 0 Å². The zero-order chi connectivity index (χ0) is 14.5. The van der Waals surface area contributed by atoms with Crippen molar-refractivity contribution in [2.24, 2.45) is 0 Å². The van der Waals surface area contributed by atoms with E-state index in [4.69, 9.17) is 16.3 Å². The molecule has 3 nitrogen and oxygen atoms in total. The average Bonchev–Trinajstić information content (AvgIpc) is 2.47. The standard InChI is InChI=1S/C15H15ClFNO2/c1-20-12-6-7-13(17)14(8-12)18-9-15(19)10-2-4-11(16)5-3-10/h2-8,15,18-19H,9H2,1H3. The Bertz CT molecular complexity index is 575. The van der Waals surface area contributed by atoms with Crippen LogP contribution in [0.2, 0.25) is 5.02 Å². The number of methoxy groups -OCH3 is 1. The maximum atomic E-state index is 13.6. The average molecular weight is 296 g/mol. The van der Waals surface area contributed by atoms with Crippen molar-refractivity contribution in [3.05, 3.63) is 58.9 Å². The molecule has 0 heterocycles. The predicted octanol–water partition coefficient (Wildman–Crippen LogP) is 3.63. The fourth-order valence-electron chi connectivity index (χ4n) is 1.78. The molecule has 0 amide bonds. The van der Waals surface area contributed by atoms with Gasteiger partial charge in [0.15, 0.2) is 0 Å². The number of hydrogen-bond acceptors (Lipinski definition) is 3. The van der Waals surface area contributed by atoms with Crippen molar-refractivity contribution in [1.82, 2.24) is 0 Å². The van der Waals surface area contributed by atoms with Crippen LogP contribution >= 0.6 is 11.6 Å². The van der Waals surface area contributed by atoms with Crippen LogP contribution in [0.15, 0.2) is 42.5 Å². The molecule has 106 valence electrons. The fraction of sp³-hybridized carbons (Fsp3) is 0.200. The summed E-state index contributed by atoms with van der Waals surface area (Å²) in [6, 6.07) is 11.3. The molecule has 0 aliphatic rings. The molecule has 0 aromatic heterocycles. The minimum Gasteiger partial charge on any atom is -0.497 e. The molecule has 0 aliphatic carbocycles. The second kappa shape index (κ2) is 6.59. The van der Waals surface area contributed by atoms with Gasteiger partial charge in [0, 0.05) is 17.6 Å². The molecule has 5 heteroatoms. The van der Waals surface area contributed by atoms with Gasteiger partial charge < -0.3 is 15.2 Å². The summed E-state index contributed by atoms with van der Waals surface area (Å²) in [7, 11) is 1.51. The number of ether oxygens (including phenoxy) is 1. The van der Waals surface area contributed by atoms with E-state index in [9.17, 15) is 9.50 Å². The molecule has 1 unspecified atom stereocenters. The van der Waals surface area contributed by atoms with Crippen LogP contribution in [-0.4, -0.2) is 18.8 Å². The first-order chi connectivity index (χ1) is 9.60. The number of rotatable bonds is 5. The first-order valence-corrected chi connectivity index (χ1v) is 6.49. The molecule has 2 aromatic rings. The molecular weight excluding hydrogens is 281 g/mol. The zero-order valence-electron chi connectivity index (χ0n) is 10.9. The summed E-state index contributed by atoms with van der Waals surface area (Å²) in [5.41, 5.74) is 1.00. The summed E-state index contributed by atoms with van der Waals surface area (Å²) in [6.07, 6.45) is -0.752. The Labute approximate surface area is 122 Å². The molecule has 0 radical (unpaired) electrons. The van der Waals surface area contributed by atoms with Crippen molar-refractivity contribution in [2.75, 3.05) is 19.0 Å². The Balaban J connectivity index is 2.02. The molecule has 20 heavy (non-hydrogen) atoms. The van der Waals surface area contributed by atoms with E-state index in [1.165, 1.54) is 19.2 Å². The van der Waals surface area contributed by atoms with Crippen LogP contribution in [0.25, 0.3) is 0 Å². The molecule has 0 saturated heterocycles. The van der Waals surface area contributed by atoms with Gasteiger partial charge in [-0.2, -0.15) is 0 Å². The summed E-state index contributed by atoms with van der Waals surface area (Å²) < 4.78 is 18.6. The highest BCUT2D eigenvalue weighted by atomic mass is 35.5. The number of halogens is 2. The lowest BCUT2D eigenvalue weighted by Crippen LogP contribution is -2.13. The van der Waals surface area contributed by atoms with Crippen LogP contribution in [0.5, 0.6) is 5.75 Å². The predicted molar refractivity (Wildman–Crippen MR) is 77.9 cm³/mol. The number of aliphatic hydroxyl groups is 1. The lowest BCUT2D eigenvalue weighted by atomic mass is 10.1. The topological polar surface area (TPSA) is 41.5 Å². The van der Waals surface area contributed by atoms with Gasteiger partial charge in [0.1, 0.15) is 11.6 Å². The van der Waals surface area contributed by atoms with E-state index >= 15 is 0 Å². The highest BCUT2D eigenvalue weighted by molar-refractivity contribution is 6.30. The Hall–Kier alpha value is -1.78. The van der Waals surface area contributed by atoms with E-state index in [0.717, 1.165) is 0 Å². The van der Waals surface area contributed by atoms with Crippen LogP contribution in [0.4, 0.5) is 10.1 Å². The Morgan fingerprint density at radius 1 is 1.25 bits per heavy atom. The molecule has 0 bridgehead atoms. The Morgan fingerprint density at radius 2 is 1.95 bits per heavy atom. The maximum absolute atomic E-state index is 13.6. The molecule has 0 saturated carbocycles. The van der Waals surface area contributed by atoms with Gasteiger partial charge in [-0.25, -0.2) is 4.39 Å². The number of benzene rings is 2. The smallest absolute Gasteiger partial charge is 0.146 e. The molecule has 0 aliphatic heterocycles. The van der Waals surface area contributed by atoms with Crippen molar-refractivity contribution < 1.29 is 14.2 Å². The third kappa shape index (κ3) is 3.62. The summed E-state index contributed by atoms with van der Waals surface area (Å²) in [4.78, 5) is 0. The van der Waals surface area contributed by atoms with Gasteiger partial charge in [0.05, 0.1) is 18.9 Å². The third-order valence-corrected chi connectivity index (χ3v) is 3.17. The second-order valence-electron chi connectivity index (χ2n) is 4.29. The Kier molecular flexibility index (Phi) is 4.82. The third-order valence-electron chi connectivity index (χ3n) is 2.91. The normalized spacial score (nSPS) is 12.0. The number of anilines is 1. The summed E-state index contributed by atoms with van der Waals surface area (Å²) in [6.45, 7) is 0.186. The highest BCUT2D eigenvalue weighted by Gasteiger charge is 2.09. The number of aliphatic hydroxyl groups excluding tert-OH is 1. The first kappa shape index (κ1) is 14.6. The molecule has 0 fully saturated rings. The van der Waals surface area contributed by atoms with Gasteiger partial charge >= 0.3 is 0 Å². The van der Waals surface area contributed by atoms with Crippen LogP contribution in [0.3, 0.4) is 0 Å². The van der Waals surface area contributed by atoms with Gasteiger partial charge in [-0.05, 0) is 29.8 Å². The van der Waals surface area contributed by atoms with E-state index in [1.54, 1.807) is 30.3 Å². The summed E-state index contributed by atoms with van der Waals surface area (Å²) in [5.74, 6) is 0.156. The van der Waals surface area contributed by atoms with E-state index in [0.29, 0.717) is 16.3 Å². The van der Waals surface area contributed by atoms with Crippen LogP contribution in [0, 0.1) is 5.82 Å². The van der Waals surface area contributed by atoms with E-state index in [2.05, 4.69) is 5.32 Å². The number of hydrogen-bond donors (Lipinski definition) is 2. The van der Waals surface area contributed by atoms with Crippen molar-refractivity contribution >= 4 is 17.3 Å². The van der Waals surface area contributed by atoms with Crippen molar-refractivity contribution in [1.29, 1.82) is 0 Å². The highest BCUT2D eigenvalue weighted by Crippen LogP contribution is 2.22. The minimum absolute atomic E-state index is 0.186. The molecule has 2 rings (SSSR count). The van der Waals surface area contributed by atoms with Crippen molar-refractivity contribution in [2.45, 2.75) is 6.10 Å². The second-order valence-corrected chi connectivity index (χ2v) is 4.73. The van der Waals surface area contributed by atoms with E-state index < -0.39 is 11.9 Å². The lowest BCUT2D eigenvalue weighted by molar-refractivity contribution is 0.191. The quantitative estimate of drug-likeness (QED) is 0.885. The molecule has 0 spiro atoms. The van der Waals surface area contributed by atoms with E-state index in [-0.39, 0.29) is 12.2 Å². The maximum Gasteiger partial charge on any atom is 0.146 e. The lowest BCUT2D eigenvalue weighted by Gasteiger charge is -2.14. The van der Waals surface area contributed by atoms with Gasteiger partial charge in [-0.15, -0.1) is 0 Å². The van der Waals surface area contributed by atoms with Crippen LogP contribution < -0.4 is 10.1 Å². The fourth-order valence-corrected chi connectivity index (χ4v) is 1.90. The van der Waals surface area contributed by atoms with E-state index in [1.807, 2.05) is 0 Å². The monoisotopic (exact) mass is 295 g/mol. The molecule has 2 aromatic carbocycles. The van der Waals surface area contributed by atoms with Gasteiger partial charge in [-0.1, -0.05) is 23.7 Å². The number of nitrogens with one attached hydrogen (secondary N) is 1. The van der Waals surface area contributed by atoms with Crippen molar-refractivity contribution in [3.63, 3.8) is 0 Å². The summed E-state index contributed by atoms with van der Waals surface area (Å²) in [5, 5.41) is 13.5. The largest absolute Gasteiger partial charge is 0.497 e. The molecular formula is C15H15ClFNO2. The Morgan fingerprint density at radius 3 is 2.60 bits per heavy atom. The minimum atomic E-state index is -0.752. The molecule has 2 N–H and O–H groups in total. The van der Waals surface area contributed by atoms with Gasteiger partial charge in [0.25, 0.3) is 0 Å². The first-order valence-electron chi connectivity index (χ1n) is 6.11. The summed E-state index contributed by atoms with van der Waals surface area (Å²) >= 11 is 5.78. The zero-order valence-corrected chi connectivity index (χ0v) is 11.7. The SMILES string of the molecule is COc1ccc(F)c(NCC(O)c2ccc(Cl)cc2)c1. The van der Waals surface area contributed by atoms with Gasteiger partial charge in [0.2, 0.25) is 0 Å². The van der Waals surface area contributed by atoms with Gasteiger partial charge in [-0.3, -0.25) is 0 Å².